The summed E-state index contributed by atoms with van der Waals surface area (Å²) in [5, 5.41) is 2.95. The molecule has 3 amide bonds. The average molecular weight is 332 g/mol. The van der Waals surface area contributed by atoms with Gasteiger partial charge in [-0.15, -0.1) is 0 Å². The lowest BCUT2D eigenvalue weighted by Gasteiger charge is -2.31. The molecule has 0 radical (unpaired) electrons. The molecule has 2 fully saturated rings. The predicted molar refractivity (Wildman–Crippen MR) is 88.9 cm³/mol. The Kier molecular flexibility index (Phi) is 4.49. The summed E-state index contributed by atoms with van der Waals surface area (Å²) in [6.45, 7) is 5.03. The quantitative estimate of drug-likeness (QED) is 0.860. The molecular formula is C18H24N2O4. The Morgan fingerprint density at radius 2 is 2.04 bits per heavy atom. The molecule has 6 nitrogen and oxygen atoms in total. The smallest absolute Gasteiger partial charge is 0.325 e. The first-order valence-corrected chi connectivity index (χ1v) is 8.42. The standard InChI is InChI=1S/C18H24N2O4/c1-4-18(13-5-6-15(23-3)12(2)11-13)16(21)20(17(22)19-18)14-7-9-24-10-8-14/h5-6,11,14H,4,7-10H2,1-3H3,(H,19,22). The Morgan fingerprint density at radius 3 is 2.62 bits per heavy atom. The van der Waals surface area contributed by atoms with E-state index < -0.39 is 5.54 Å². The Bertz CT molecular complexity index is 654. The molecule has 0 aliphatic carbocycles. The molecule has 130 valence electrons. The number of nitrogens with zero attached hydrogens (tertiary/aromatic N) is 1. The maximum Gasteiger partial charge on any atom is 0.325 e. The van der Waals surface area contributed by atoms with E-state index in [1.807, 2.05) is 32.0 Å². The molecule has 1 aromatic rings. The predicted octanol–water partition coefficient (Wildman–Crippen LogP) is 2.34. The molecule has 3 rings (SSSR count). The van der Waals surface area contributed by atoms with Crippen LogP contribution in [-0.2, 0) is 15.1 Å². The highest BCUT2D eigenvalue weighted by Gasteiger charge is 2.53. The summed E-state index contributed by atoms with van der Waals surface area (Å²) in [5.74, 6) is 0.606. The molecule has 2 heterocycles. The first-order chi connectivity index (χ1) is 11.5. The van der Waals surface area contributed by atoms with Crippen molar-refractivity contribution < 1.29 is 19.1 Å². The number of nitrogens with one attached hydrogen (secondary N) is 1. The highest BCUT2D eigenvalue weighted by atomic mass is 16.5. The Hall–Kier alpha value is -2.08. The molecule has 1 unspecified atom stereocenters. The number of carbonyl (C=O) groups excluding carboxylic acids is 2. The van der Waals surface area contributed by atoms with Crippen LogP contribution in [0.3, 0.4) is 0 Å². The van der Waals surface area contributed by atoms with Crippen LogP contribution in [0.5, 0.6) is 5.75 Å². The lowest BCUT2D eigenvalue weighted by Crippen LogP contribution is -2.46. The van der Waals surface area contributed by atoms with Gasteiger partial charge in [0.15, 0.2) is 0 Å². The second-order valence-corrected chi connectivity index (χ2v) is 6.39. The van der Waals surface area contributed by atoms with Gasteiger partial charge in [0.1, 0.15) is 11.3 Å². The molecule has 0 saturated carbocycles. The zero-order chi connectivity index (χ0) is 17.3. The summed E-state index contributed by atoms with van der Waals surface area (Å²) in [5.41, 5.74) is 0.748. The van der Waals surface area contributed by atoms with Gasteiger partial charge in [-0.3, -0.25) is 9.69 Å². The highest BCUT2D eigenvalue weighted by Crippen LogP contribution is 2.36. The molecule has 2 aliphatic heterocycles. The summed E-state index contributed by atoms with van der Waals surface area (Å²) in [7, 11) is 1.62. The minimum atomic E-state index is -0.994. The SMILES string of the molecule is CCC1(c2ccc(OC)c(C)c2)NC(=O)N(C2CCOCC2)C1=O. The molecule has 1 N–H and O–H groups in total. The lowest BCUT2D eigenvalue weighted by atomic mass is 9.86. The van der Waals surface area contributed by atoms with Gasteiger partial charge < -0.3 is 14.8 Å². The van der Waals surface area contributed by atoms with Gasteiger partial charge in [0, 0.05) is 19.3 Å². The van der Waals surface area contributed by atoms with Crippen molar-refractivity contribution in [1.82, 2.24) is 10.2 Å². The highest BCUT2D eigenvalue weighted by molar-refractivity contribution is 6.07. The van der Waals surface area contributed by atoms with E-state index in [0.29, 0.717) is 32.5 Å². The van der Waals surface area contributed by atoms with E-state index in [9.17, 15) is 9.59 Å². The van der Waals surface area contributed by atoms with E-state index in [-0.39, 0.29) is 18.0 Å². The second-order valence-electron chi connectivity index (χ2n) is 6.39. The van der Waals surface area contributed by atoms with E-state index in [1.165, 1.54) is 4.90 Å². The topological polar surface area (TPSA) is 67.9 Å². The third-order valence-electron chi connectivity index (χ3n) is 5.10. The van der Waals surface area contributed by atoms with Gasteiger partial charge in [0.05, 0.1) is 7.11 Å². The minimum absolute atomic E-state index is 0.0842. The molecular weight excluding hydrogens is 308 g/mol. The molecule has 2 saturated heterocycles. The monoisotopic (exact) mass is 332 g/mol. The fourth-order valence-corrected chi connectivity index (χ4v) is 3.65. The van der Waals surface area contributed by atoms with Crippen LogP contribution in [0.15, 0.2) is 18.2 Å². The number of imide groups is 1. The van der Waals surface area contributed by atoms with Crippen LogP contribution in [0.2, 0.25) is 0 Å². The molecule has 1 atom stereocenters. The van der Waals surface area contributed by atoms with Crippen molar-refractivity contribution in [1.29, 1.82) is 0 Å². The number of amides is 3. The average Bonchev–Trinajstić information content (AvgIpc) is 2.86. The Balaban J connectivity index is 1.96. The second kappa shape index (κ2) is 6.43. The first kappa shape index (κ1) is 16.8. The van der Waals surface area contributed by atoms with E-state index in [4.69, 9.17) is 9.47 Å². The maximum absolute atomic E-state index is 13.2. The van der Waals surface area contributed by atoms with Crippen molar-refractivity contribution >= 4 is 11.9 Å². The number of aryl methyl sites for hydroxylation is 1. The fourth-order valence-electron chi connectivity index (χ4n) is 3.65. The fraction of sp³-hybridized carbons (Fsp3) is 0.556. The zero-order valence-corrected chi connectivity index (χ0v) is 14.4. The lowest BCUT2D eigenvalue weighted by molar-refractivity contribution is -0.134. The van der Waals surface area contributed by atoms with Gasteiger partial charge in [-0.1, -0.05) is 13.0 Å². The van der Waals surface area contributed by atoms with E-state index in [0.717, 1.165) is 16.9 Å². The molecule has 0 bridgehead atoms. The van der Waals surface area contributed by atoms with Crippen LogP contribution in [0.4, 0.5) is 4.79 Å². The number of ether oxygens (including phenoxy) is 2. The zero-order valence-electron chi connectivity index (χ0n) is 14.4. The molecule has 1 aromatic carbocycles. The third-order valence-corrected chi connectivity index (χ3v) is 5.10. The molecule has 0 aromatic heterocycles. The molecule has 2 aliphatic rings. The normalized spacial score (nSPS) is 25.0. The maximum atomic E-state index is 13.2. The van der Waals surface area contributed by atoms with Crippen LogP contribution in [0.1, 0.15) is 37.3 Å². The Labute approximate surface area is 142 Å². The largest absolute Gasteiger partial charge is 0.496 e. The molecule has 0 spiro atoms. The first-order valence-electron chi connectivity index (χ1n) is 8.42. The third kappa shape index (κ3) is 2.55. The summed E-state index contributed by atoms with van der Waals surface area (Å²) in [4.78, 5) is 27.2. The van der Waals surface area contributed by atoms with Crippen LogP contribution in [0, 0.1) is 6.92 Å². The van der Waals surface area contributed by atoms with E-state index >= 15 is 0 Å². The van der Waals surface area contributed by atoms with Crippen LogP contribution in [-0.4, -0.2) is 43.2 Å². The minimum Gasteiger partial charge on any atom is -0.496 e. The number of benzene rings is 1. The summed E-state index contributed by atoms with van der Waals surface area (Å²) in [6, 6.07) is 5.24. The van der Waals surface area contributed by atoms with E-state index in [2.05, 4.69) is 5.32 Å². The van der Waals surface area contributed by atoms with E-state index in [1.54, 1.807) is 7.11 Å². The van der Waals surface area contributed by atoms with Gasteiger partial charge in [-0.05, 0) is 49.4 Å². The number of methoxy groups -OCH3 is 1. The van der Waals surface area contributed by atoms with Crippen LogP contribution < -0.4 is 10.1 Å². The van der Waals surface area contributed by atoms with Crippen molar-refractivity contribution in [2.45, 2.75) is 44.7 Å². The molecule has 24 heavy (non-hydrogen) atoms. The van der Waals surface area contributed by atoms with Crippen molar-refractivity contribution in [3.63, 3.8) is 0 Å². The Morgan fingerprint density at radius 1 is 1.33 bits per heavy atom. The number of hydrogen-bond acceptors (Lipinski definition) is 4. The number of rotatable bonds is 4. The molecule has 6 heteroatoms. The number of hydrogen-bond donors (Lipinski definition) is 1. The van der Waals surface area contributed by atoms with Crippen molar-refractivity contribution in [3.8, 4) is 5.75 Å². The van der Waals surface area contributed by atoms with Gasteiger partial charge in [0.25, 0.3) is 5.91 Å². The van der Waals surface area contributed by atoms with Gasteiger partial charge in [-0.25, -0.2) is 4.79 Å². The number of urea groups is 1. The van der Waals surface area contributed by atoms with Gasteiger partial charge in [0.2, 0.25) is 0 Å². The summed E-state index contributed by atoms with van der Waals surface area (Å²) >= 11 is 0. The van der Waals surface area contributed by atoms with Crippen molar-refractivity contribution in [2.75, 3.05) is 20.3 Å². The van der Waals surface area contributed by atoms with Crippen LogP contribution in [0.25, 0.3) is 0 Å². The van der Waals surface area contributed by atoms with Gasteiger partial charge >= 0.3 is 6.03 Å². The van der Waals surface area contributed by atoms with Crippen molar-refractivity contribution in [3.05, 3.63) is 29.3 Å². The number of carbonyl (C=O) groups is 2. The summed E-state index contributed by atoms with van der Waals surface area (Å²) in [6.07, 6.45) is 1.89. The van der Waals surface area contributed by atoms with Crippen LogP contribution >= 0.6 is 0 Å². The van der Waals surface area contributed by atoms with Crippen molar-refractivity contribution in [2.24, 2.45) is 0 Å². The summed E-state index contributed by atoms with van der Waals surface area (Å²) < 4.78 is 10.6. The van der Waals surface area contributed by atoms with Gasteiger partial charge in [-0.2, -0.15) is 0 Å².